The molecule has 0 bridgehead atoms. The van der Waals surface area contributed by atoms with Crippen molar-refractivity contribution in [2.24, 2.45) is 0 Å². The molecule has 1 amide bonds. The van der Waals surface area contributed by atoms with Crippen molar-refractivity contribution in [2.75, 3.05) is 19.1 Å². The summed E-state index contributed by atoms with van der Waals surface area (Å²) in [5.74, 6) is -1.89. The second kappa shape index (κ2) is 11.6. The molecular weight excluding hydrogens is 548 g/mol. The monoisotopic (exact) mass is 571 g/mol. The number of phenols is 1. The molecular formula is C23H24Cl2N3O6PS. The van der Waals surface area contributed by atoms with Crippen LogP contribution >= 0.6 is 31.1 Å². The maximum Gasteiger partial charge on any atom is 0.326 e. The number of carbonyl (C=O) groups is 2. The molecule has 0 aliphatic carbocycles. The lowest BCUT2D eigenvalue weighted by atomic mass is 10.1. The van der Waals surface area contributed by atoms with E-state index in [0.717, 1.165) is 27.4 Å². The SMILES string of the molecule is CP(CCc1cc(Cl)c(C(=O)NC(Cc2ccn(S(C)(=O)=O)n2)C(=O)O)c(Cl)c1)c1cccc(O)c1. The van der Waals surface area contributed by atoms with Crippen molar-refractivity contribution in [1.29, 1.82) is 0 Å². The number of rotatable bonds is 10. The number of aryl methyl sites for hydroxylation is 1. The third-order valence-electron chi connectivity index (χ3n) is 5.31. The summed E-state index contributed by atoms with van der Waals surface area (Å²) in [5.41, 5.74) is 0.933. The molecule has 0 saturated heterocycles. The van der Waals surface area contributed by atoms with Crippen molar-refractivity contribution in [2.45, 2.75) is 18.9 Å². The van der Waals surface area contributed by atoms with Crippen LogP contribution in [0.4, 0.5) is 0 Å². The molecule has 3 aromatic rings. The predicted octanol–water partition coefficient (Wildman–Crippen LogP) is 3.11. The summed E-state index contributed by atoms with van der Waals surface area (Å²) in [6.45, 7) is 2.10. The standard InChI is InChI=1S/C23H24Cl2N3O6PS/c1-35(17-5-3-4-16(29)13-17)9-7-14-10-18(24)21(19(25)11-14)22(30)26-20(23(31)32)12-15-6-8-28(27-15)36(2,33)34/h3-6,8,10-11,13,20,29H,7,9,12H2,1-2H3,(H,26,30)(H,31,32). The quantitative estimate of drug-likeness (QED) is 0.318. The molecule has 0 saturated carbocycles. The average Bonchev–Trinajstić information content (AvgIpc) is 3.26. The van der Waals surface area contributed by atoms with Gasteiger partial charge in [-0.05, 0) is 60.4 Å². The molecule has 9 nitrogen and oxygen atoms in total. The molecule has 2 atom stereocenters. The van der Waals surface area contributed by atoms with E-state index in [1.807, 2.05) is 6.07 Å². The topological polar surface area (TPSA) is 139 Å². The molecule has 0 fully saturated rings. The zero-order valence-corrected chi connectivity index (χ0v) is 22.6. The highest BCUT2D eigenvalue weighted by Crippen LogP contribution is 2.33. The Morgan fingerprint density at radius 2 is 1.83 bits per heavy atom. The summed E-state index contributed by atoms with van der Waals surface area (Å²) in [5, 5.41) is 26.7. The molecule has 1 heterocycles. The van der Waals surface area contributed by atoms with Gasteiger partial charge in [-0.2, -0.15) is 9.19 Å². The number of amides is 1. The third-order valence-corrected chi connectivity index (χ3v) is 8.85. The number of aliphatic carboxylic acids is 1. The van der Waals surface area contributed by atoms with Gasteiger partial charge in [0.15, 0.2) is 0 Å². The first kappa shape index (κ1) is 27.9. The summed E-state index contributed by atoms with van der Waals surface area (Å²) < 4.78 is 23.9. The molecule has 1 aromatic heterocycles. The Labute approximate surface area is 219 Å². The lowest BCUT2D eigenvalue weighted by Gasteiger charge is -2.16. The van der Waals surface area contributed by atoms with E-state index in [4.69, 9.17) is 23.2 Å². The van der Waals surface area contributed by atoms with Crippen molar-refractivity contribution in [3.05, 3.63) is 75.5 Å². The van der Waals surface area contributed by atoms with Crippen LogP contribution in [0.5, 0.6) is 5.75 Å². The normalized spacial score (nSPS) is 13.2. The number of phenolic OH excluding ortho intramolecular Hbond substituents is 1. The van der Waals surface area contributed by atoms with E-state index in [1.54, 1.807) is 30.3 Å². The number of hydrogen-bond acceptors (Lipinski definition) is 6. The third kappa shape index (κ3) is 7.20. The van der Waals surface area contributed by atoms with Gasteiger partial charge in [0.2, 0.25) is 0 Å². The second-order valence-electron chi connectivity index (χ2n) is 8.14. The fourth-order valence-electron chi connectivity index (χ4n) is 3.42. The Hall–Kier alpha value is -2.65. The van der Waals surface area contributed by atoms with Crippen LogP contribution in [0.1, 0.15) is 21.6 Å². The fraction of sp³-hybridized carbons (Fsp3) is 0.261. The highest BCUT2D eigenvalue weighted by Gasteiger charge is 2.25. The van der Waals surface area contributed by atoms with Crippen LogP contribution in [0.15, 0.2) is 48.7 Å². The van der Waals surface area contributed by atoms with Gasteiger partial charge >= 0.3 is 5.97 Å². The number of halogens is 2. The first-order chi connectivity index (χ1) is 16.8. The lowest BCUT2D eigenvalue weighted by Crippen LogP contribution is -2.42. The van der Waals surface area contributed by atoms with Gasteiger partial charge in [-0.1, -0.05) is 43.3 Å². The number of carboxylic acids is 1. The van der Waals surface area contributed by atoms with Gasteiger partial charge in [0.1, 0.15) is 11.8 Å². The van der Waals surface area contributed by atoms with Gasteiger partial charge in [0.25, 0.3) is 15.9 Å². The Morgan fingerprint density at radius 1 is 1.17 bits per heavy atom. The van der Waals surface area contributed by atoms with Gasteiger partial charge in [-0.25, -0.2) is 13.2 Å². The molecule has 36 heavy (non-hydrogen) atoms. The summed E-state index contributed by atoms with van der Waals surface area (Å²) in [6.07, 6.45) is 3.35. The molecule has 192 valence electrons. The van der Waals surface area contributed by atoms with Gasteiger partial charge in [0.05, 0.1) is 27.6 Å². The maximum atomic E-state index is 12.9. The van der Waals surface area contributed by atoms with E-state index in [9.17, 15) is 28.2 Å². The van der Waals surface area contributed by atoms with Crippen molar-refractivity contribution in [3.8, 4) is 5.75 Å². The second-order valence-corrected chi connectivity index (χ2v) is 13.2. The average molecular weight is 572 g/mol. The van der Waals surface area contributed by atoms with E-state index in [-0.39, 0.29) is 33.5 Å². The Balaban J connectivity index is 1.70. The first-order valence-corrected chi connectivity index (χ1v) is 15.2. The Kier molecular flexibility index (Phi) is 9.00. The lowest BCUT2D eigenvalue weighted by molar-refractivity contribution is -0.139. The van der Waals surface area contributed by atoms with E-state index in [1.165, 1.54) is 12.3 Å². The Morgan fingerprint density at radius 3 is 2.39 bits per heavy atom. The number of benzene rings is 2. The fourth-order valence-corrected chi connectivity index (χ4v) is 6.20. The van der Waals surface area contributed by atoms with Crippen molar-refractivity contribution < 1.29 is 28.2 Å². The largest absolute Gasteiger partial charge is 0.508 e. The van der Waals surface area contributed by atoms with Crippen LogP contribution < -0.4 is 10.6 Å². The van der Waals surface area contributed by atoms with Gasteiger partial charge in [0, 0.05) is 12.6 Å². The van der Waals surface area contributed by atoms with Gasteiger partial charge in [-0.15, -0.1) is 0 Å². The molecule has 0 aliphatic rings. The zero-order valence-electron chi connectivity index (χ0n) is 19.4. The summed E-state index contributed by atoms with van der Waals surface area (Å²) in [6, 6.07) is 10.3. The van der Waals surface area contributed by atoms with Crippen LogP contribution in [0.3, 0.4) is 0 Å². The zero-order chi connectivity index (χ0) is 26.6. The minimum atomic E-state index is -3.62. The van der Waals surface area contributed by atoms with Crippen molar-refractivity contribution >= 4 is 58.3 Å². The van der Waals surface area contributed by atoms with E-state index < -0.39 is 35.9 Å². The molecule has 2 aromatic carbocycles. The molecule has 3 rings (SSSR count). The molecule has 0 radical (unpaired) electrons. The van der Waals surface area contributed by atoms with Gasteiger partial charge < -0.3 is 15.5 Å². The van der Waals surface area contributed by atoms with Gasteiger partial charge in [-0.3, -0.25) is 4.79 Å². The summed E-state index contributed by atoms with van der Waals surface area (Å²) >= 11 is 12.7. The number of aromatic nitrogens is 2. The highest BCUT2D eigenvalue weighted by molar-refractivity contribution is 7.89. The van der Waals surface area contributed by atoms with Crippen molar-refractivity contribution in [1.82, 2.24) is 14.5 Å². The van der Waals surface area contributed by atoms with Crippen LogP contribution in [-0.4, -0.2) is 64.8 Å². The Bertz CT molecular complexity index is 1370. The van der Waals surface area contributed by atoms with Crippen LogP contribution in [0.2, 0.25) is 10.0 Å². The number of carbonyl (C=O) groups excluding carboxylic acids is 1. The number of nitrogens with zero attached hydrogens (tertiary/aromatic N) is 2. The highest BCUT2D eigenvalue weighted by atomic mass is 35.5. The minimum absolute atomic E-state index is 0.0539. The number of aromatic hydroxyl groups is 1. The summed E-state index contributed by atoms with van der Waals surface area (Å²) in [7, 11) is -4.16. The molecule has 0 aliphatic heterocycles. The summed E-state index contributed by atoms with van der Waals surface area (Å²) in [4.78, 5) is 24.6. The van der Waals surface area contributed by atoms with Crippen LogP contribution in [-0.2, 0) is 27.7 Å². The molecule has 0 spiro atoms. The molecule has 2 unspecified atom stereocenters. The number of carboxylic acid groups (broad SMARTS) is 1. The predicted molar refractivity (Wildman–Crippen MR) is 141 cm³/mol. The van der Waals surface area contributed by atoms with E-state index in [2.05, 4.69) is 17.1 Å². The van der Waals surface area contributed by atoms with Crippen molar-refractivity contribution in [3.63, 3.8) is 0 Å². The first-order valence-electron chi connectivity index (χ1n) is 10.6. The number of hydrogen-bond donors (Lipinski definition) is 3. The van der Waals surface area contributed by atoms with Crippen LogP contribution in [0.25, 0.3) is 0 Å². The van der Waals surface area contributed by atoms with E-state index >= 15 is 0 Å². The maximum absolute atomic E-state index is 12.9. The van der Waals surface area contributed by atoms with Crippen LogP contribution in [0, 0.1) is 0 Å². The molecule has 13 heteroatoms. The number of nitrogens with one attached hydrogen (secondary N) is 1. The minimum Gasteiger partial charge on any atom is -0.508 e. The molecule has 3 N–H and O–H groups in total. The van der Waals surface area contributed by atoms with E-state index in [0.29, 0.717) is 6.42 Å². The smallest absolute Gasteiger partial charge is 0.326 e.